The molecule has 1 aromatic rings. The van der Waals surface area contributed by atoms with Crippen molar-refractivity contribution in [2.24, 2.45) is 11.7 Å². The van der Waals surface area contributed by atoms with E-state index in [-0.39, 0.29) is 17.6 Å². The van der Waals surface area contributed by atoms with Crippen LogP contribution in [0.4, 0.5) is 18.9 Å². The number of hydrogen-bond donors (Lipinski definition) is 2. The standard InChI is InChI=1S/C12H17F3N2O2S/c1-8(7-16)9(2)17-10-5-3-4-6-11(10)20(18,19)12(13,14)15/h3-6,8-9,17H,7,16H2,1-2H3. The summed E-state index contributed by atoms with van der Waals surface area (Å²) < 4.78 is 60.9. The summed E-state index contributed by atoms with van der Waals surface area (Å²) >= 11 is 0. The number of hydrogen-bond acceptors (Lipinski definition) is 4. The molecule has 2 atom stereocenters. The Bertz CT molecular complexity index is 558. The minimum atomic E-state index is -5.38. The molecule has 0 bridgehead atoms. The fourth-order valence-corrected chi connectivity index (χ4v) is 2.46. The fourth-order valence-electron chi connectivity index (χ4n) is 1.54. The molecule has 114 valence electrons. The zero-order valence-corrected chi connectivity index (χ0v) is 11.9. The molecule has 0 aliphatic rings. The van der Waals surface area contributed by atoms with Gasteiger partial charge in [0.05, 0.1) is 10.6 Å². The molecule has 0 fully saturated rings. The molecule has 0 radical (unpaired) electrons. The van der Waals surface area contributed by atoms with Crippen molar-refractivity contribution in [1.29, 1.82) is 0 Å². The molecule has 2 unspecified atom stereocenters. The van der Waals surface area contributed by atoms with Crippen LogP contribution >= 0.6 is 0 Å². The number of halogens is 3. The third-order valence-electron chi connectivity index (χ3n) is 3.09. The van der Waals surface area contributed by atoms with Gasteiger partial charge in [-0.2, -0.15) is 13.2 Å². The monoisotopic (exact) mass is 310 g/mol. The quantitative estimate of drug-likeness (QED) is 0.876. The summed E-state index contributed by atoms with van der Waals surface area (Å²) in [5.41, 5.74) is 0.0839. The van der Waals surface area contributed by atoms with Gasteiger partial charge in [-0.05, 0) is 31.5 Å². The first-order valence-corrected chi connectivity index (χ1v) is 7.46. The van der Waals surface area contributed by atoms with Gasteiger partial charge in [0.2, 0.25) is 0 Å². The topological polar surface area (TPSA) is 72.2 Å². The minimum absolute atomic E-state index is 0.0170. The molecule has 0 aliphatic heterocycles. The molecule has 1 aromatic carbocycles. The molecule has 0 aliphatic carbocycles. The molecule has 0 saturated carbocycles. The molecular formula is C12H17F3N2O2S. The van der Waals surface area contributed by atoms with Crippen molar-refractivity contribution in [1.82, 2.24) is 0 Å². The van der Waals surface area contributed by atoms with E-state index < -0.39 is 20.2 Å². The molecule has 8 heteroatoms. The number of nitrogens with two attached hydrogens (primary N) is 1. The van der Waals surface area contributed by atoms with Gasteiger partial charge in [0.25, 0.3) is 9.84 Å². The van der Waals surface area contributed by atoms with Crippen LogP contribution < -0.4 is 11.1 Å². The highest BCUT2D eigenvalue weighted by Crippen LogP contribution is 2.34. The lowest BCUT2D eigenvalue weighted by atomic mass is 10.0. The van der Waals surface area contributed by atoms with Gasteiger partial charge in [-0.3, -0.25) is 0 Å². The predicted octanol–water partition coefficient (Wildman–Crippen LogP) is 2.38. The summed E-state index contributed by atoms with van der Waals surface area (Å²) in [4.78, 5) is -0.774. The number of rotatable bonds is 5. The molecule has 0 aromatic heterocycles. The Morgan fingerprint density at radius 1 is 1.25 bits per heavy atom. The Hall–Kier alpha value is -1.28. The summed E-state index contributed by atoms with van der Waals surface area (Å²) in [6, 6.07) is 4.70. The molecule has 20 heavy (non-hydrogen) atoms. The Kier molecular flexibility index (Phi) is 5.04. The van der Waals surface area contributed by atoms with E-state index in [1.165, 1.54) is 18.2 Å². The van der Waals surface area contributed by atoms with E-state index in [9.17, 15) is 21.6 Å². The van der Waals surface area contributed by atoms with Crippen molar-refractivity contribution in [2.75, 3.05) is 11.9 Å². The maximum Gasteiger partial charge on any atom is 0.501 e. The summed E-state index contributed by atoms with van der Waals surface area (Å²) in [6.45, 7) is 3.88. The first kappa shape index (κ1) is 16.8. The van der Waals surface area contributed by atoms with Gasteiger partial charge in [0.1, 0.15) is 0 Å². The normalized spacial score (nSPS) is 15.7. The van der Waals surface area contributed by atoms with Gasteiger partial charge in [-0.25, -0.2) is 8.42 Å². The van der Waals surface area contributed by atoms with Crippen LogP contribution in [0.2, 0.25) is 0 Å². The maximum absolute atomic E-state index is 12.6. The smallest absolute Gasteiger partial charge is 0.381 e. The van der Waals surface area contributed by atoms with Crippen molar-refractivity contribution in [3.8, 4) is 0 Å². The molecule has 0 heterocycles. The third-order valence-corrected chi connectivity index (χ3v) is 4.63. The first-order chi connectivity index (χ1) is 9.11. The number of nitrogens with one attached hydrogen (secondary N) is 1. The molecular weight excluding hydrogens is 293 g/mol. The van der Waals surface area contributed by atoms with E-state index in [1.807, 2.05) is 6.92 Å². The van der Waals surface area contributed by atoms with Crippen LogP contribution in [0.5, 0.6) is 0 Å². The van der Waals surface area contributed by atoms with Crippen molar-refractivity contribution in [3.63, 3.8) is 0 Å². The maximum atomic E-state index is 12.6. The van der Waals surface area contributed by atoms with E-state index in [1.54, 1.807) is 6.92 Å². The lowest BCUT2D eigenvalue weighted by Gasteiger charge is -2.22. The lowest BCUT2D eigenvalue weighted by Crippen LogP contribution is -2.31. The highest BCUT2D eigenvalue weighted by Gasteiger charge is 2.48. The molecule has 0 saturated heterocycles. The Morgan fingerprint density at radius 3 is 2.30 bits per heavy atom. The second-order valence-electron chi connectivity index (χ2n) is 4.59. The average Bonchev–Trinajstić information content (AvgIpc) is 2.36. The molecule has 0 spiro atoms. The van der Waals surface area contributed by atoms with Crippen LogP contribution in [0.15, 0.2) is 29.2 Å². The van der Waals surface area contributed by atoms with E-state index >= 15 is 0 Å². The van der Waals surface area contributed by atoms with Gasteiger partial charge in [0.15, 0.2) is 0 Å². The highest BCUT2D eigenvalue weighted by molar-refractivity contribution is 7.92. The Morgan fingerprint density at radius 2 is 1.80 bits per heavy atom. The average molecular weight is 310 g/mol. The molecule has 4 nitrogen and oxygen atoms in total. The van der Waals surface area contributed by atoms with E-state index in [0.717, 1.165) is 6.07 Å². The zero-order valence-electron chi connectivity index (χ0n) is 11.1. The third kappa shape index (κ3) is 3.43. The van der Waals surface area contributed by atoms with E-state index in [4.69, 9.17) is 5.73 Å². The second kappa shape index (κ2) is 6.01. The van der Waals surface area contributed by atoms with E-state index in [0.29, 0.717) is 6.54 Å². The number of para-hydroxylation sites is 1. The minimum Gasteiger partial charge on any atom is -0.381 e. The number of alkyl halides is 3. The van der Waals surface area contributed by atoms with Gasteiger partial charge >= 0.3 is 5.51 Å². The number of benzene rings is 1. The van der Waals surface area contributed by atoms with Crippen LogP contribution in [0.25, 0.3) is 0 Å². The van der Waals surface area contributed by atoms with Crippen molar-refractivity contribution in [2.45, 2.75) is 30.3 Å². The van der Waals surface area contributed by atoms with Crippen molar-refractivity contribution >= 4 is 15.5 Å². The lowest BCUT2D eigenvalue weighted by molar-refractivity contribution is -0.0435. The number of sulfone groups is 1. The van der Waals surface area contributed by atoms with Gasteiger partial charge in [0, 0.05) is 6.04 Å². The van der Waals surface area contributed by atoms with Crippen LogP contribution in [-0.4, -0.2) is 26.5 Å². The summed E-state index contributed by atoms with van der Waals surface area (Å²) in [6.07, 6.45) is 0. The van der Waals surface area contributed by atoms with Gasteiger partial charge < -0.3 is 11.1 Å². The summed E-state index contributed by atoms with van der Waals surface area (Å²) in [5.74, 6) is -0.0170. The van der Waals surface area contributed by atoms with Crippen LogP contribution in [0.1, 0.15) is 13.8 Å². The number of anilines is 1. The fraction of sp³-hybridized carbons (Fsp3) is 0.500. The molecule has 0 amide bonds. The largest absolute Gasteiger partial charge is 0.501 e. The van der Waals surface area contributed by atoms with Gasteiger partial charge in [-0.15, -0.1) is 0 Å². The molecule has 3 N–H and O–H groups in total. The Balaban J connectivity index is 3.19. The zero-order chi connectivity index (χ0) is 15.6. The predicted molar refractivity (Wildman–Crippen MR) is 71.0 cm³/mol. The Labute approximate surface area is 116 Å². The van der Waals surface area contributed by atoms with E-state index in [2.05, 4.69) is 5.32 Å². The van der Waals surface area contributed by atoms with Crippen LogP contribution in [0.3, 0.4) is 0 Å². The second-order valence-corrected chi connectivity index (χ2v) is 6.50. The SMILES string of the molecule is CC(CN)C(C)Nc1ccccc1S(=O)(=O)C(F)(F)F. The first-order valence-electron chi connectivity index (χ1n) is 5.98. The van der Waals surface area contributed by atoms with Gasteiger partial charge in [-0.1, -0.05) is 19.1 Å². The summed E-state index contributed by atoms with van der Waals surface area (Å²) in [7, 11) is -5.38. The van der Waals surface area contributed by atoms with Crippen molar-refractivity contribution in [3.05, 3.63) is 24.3 Å². The van der Waals surface area contributed by atoms with Crippen LogP contribution in [0, 0.1) is 5.92 Å². The molecule has 1 rings (SSSR count). The summed E-state index contributed by atoms with van der Waals surface area (Å²) in [5, 5.41) is 2.78. The highest BCUT2D eigenvalue weighted by atomic mass is 32.2. The van der Waals surface area contributed by atoms with Crippen molar-refractivity contribution < 1.29 is 21.6 Å². The van der Waals surface area contributed by atoms with Crippen LogP contribution in [-0.2, 0) is 9.84 Å².